The smallest absolute Gasteiger partial charge is 0.0611 e. The lowest BCUT2D eigenvalue weighted by Gasteiger charge is -2.18. The first kappa shape index (κ1) is 21.8. The molecular weight excluding hydrogens is 370 g/mol. The molecule has 0 aromatic heterocycles. The molecule has 164 valence electrons. The zero-order valence-electron chi connectivity index (χ0n) is 18.6. The van der Waals surface area contributed by atoms with Crippen LogP contribution in [-0.2, 0) is 11.2 Å². The van der Waals surface area contributed by atoms with Crippen LogP contribution in [0.1, 0.15) is 49.7 Å². The van der Waals surface area contributed by atoms with Gasteiger partial charge in [-0.1, -0.05) is 53.6 Å². The summed E-state index contributed by atoms with van der Waals surface area (Å²) in [6.07, 6.45) is 14.9. The van der Waals surface area contributed by atoms with Crippen molar-refractivity contribution in [2.75, 3.05) is 32.8 Å². The normalized spacial score (nSPS) is 29.1. The highest BCUT2D eigenvalue weighted by Crippen LogP contribution is 2.47. The van der Waals surface area contributed by atoms with Crippen LogP contribution < -0.4 is 0 Å². The van der Waals surface area contributed by atoms with Crippen LogP contribution in [0.4, 0.5) is 0 Å². The molecule has 1 aromatic carbocycles. The largest absolute Gasteiger partial charge is 0.392 e. The Hall–Kier alpha value is -1.42. The van der Waals surface area contributed by atoms with Crippen molar-refractivity contribution in [2.24, 2.45) is 17.8 Å². The van der Waals surface area contributed by atoms with Gasteiger partial charge in [-0.15, -0.1) is 0 Å². The predicted octanol–water partition coefficient (Wildman–Crippen LogP) is 4.93. The van der Waals surface area contributed by atoms with Gasteiger partial charge < -0.3 is 14.7 Å². The van der Waals surface area contributed by atoms with E-state index in [1.807, 2.05) is 0 Å². The highest BCUT2D eigenvalue weighted by Gasteiger charge is 2.43. The van der Waals surface area contributed by atoms with Gasteiger partial charge in [0.15, 0.2) is 0 Å². The zero-order chi connectivity index (χ0) is 20.8. The lowest BCUT2D eigenvalue weighted by atomic mass is 9.89. The molecule has 3 nitrogen and oxygen atoms in total. The summed E-state index contributed by atoms with van der Waals surface area (Å²) in [5.74, 6) is 1.47. The number of rotatable bonds is 10. The van der Waals surface area contributed by atoms with Crippen molar-refractivity contribution in [1.82, 2.24) is 4.90 Å². The summed E-state index contributed by atoms with van der Waals surface area (Å²) in [7, 11) is 0. The van der Waals surface area contributed by atoms with E-state index in [1.54, 1.807) is 5.57 Å². The quantitative estimate of drug-likeness (QED) is 0.439. The minimum Gasteiger partial charge on any atom is -0.392 e. The summed E-state index contributed by atoms with van der Waals surface area (Å²) in [4.78, 5) is 2.51. The fraction of sp³-hybridized carbons (Fsp3) is 0.630. The van der Waals surface area contributed by atoms with Crippen LogP contribution in [-0.4, -0.2) is 49.0 Å². The first-order chi connectivity index (χ1) is 14.7. The molecule has 2 fully saturated rings. The molecule has 30 heavy (non-hydrogen) atoms. The first-order valence-electron chi connectivity index (χ1n) is 12.1. The fourth-order valence-electron chi connectivity index (χ4n) is 5.67. The Morgan fingerprint density at radius 2 is 2.03 bits per heavy atom. The molecule has 1 N–H and O–H groups in total. The number of hydrogen-bond acceptors (Lipinski definition) is 3. The third kappa shape index (κ3) is 5.84. The third-order valence-electron chi connectivity index (χ3n) is 7.31. The van der Waals surface area contributed by atoms with Crippen LogP contribution in [0.5, 0.6) is 0 Å². The number of aliphatic hydroxyl groups excluding tert-OH is 1. The van der Waals surface area contributed by atoms with Crippen LogP contribution >= 0.6 is 0 Å². The van der Waals surface area contributed by atoms with Gasteiger partial charge in [0.2, 0.25) is 0 Å². The predicted molar refractivity (Wildman–Crippen MR) is 124 cm³/mol. The van der Waals surface area contributed by atoms with Crippen molar-refractivity contribution in [2.45, 2.75) is 58.0 Å². The van der Waals surface area contributed by atoms with Gasteiger partial charge in [0.25, 0.3) is 0 Å². The van der Waals surface area contributed by atoms with Gasteiger partial charge in [-0.25, -0.2) is 0 Å². The van der Waals surface area contributed by atoms with Crippen LogP contribution in [0.2, 0.25) is 0 Å². The van der Waals surface area contributed by atoms with Crippen LogP contribution in [0.15, 0.2) is 48.1 Å². The number of allylic oxidation sites excluding steroid dienone is 2. The summed E-state index contributed by atoms with van der Waals surface area (Å²) in [6.45, 7) is 7.45. The molecule has 1 saturated heterocycles. The molecule has 1 heterocycles. The van der Waals surface area contributed by atoms with E-state index in [9.17, 15) is 5.11 Å². The molecule has 1 aromatic rings. The molecule has 0 radical (unpaired) electrons. The maximum atomic E-state index is 10.6. The Kier molecular flexibility index (Phi) is 7.81. The van der Waals surface area contributed by atoms with Crippen molar-refractivity contribution < 1.29 is 9.84 Å². The van der Waals surface area contributed by atoms with Crippen LogP contribution in [0.3, 0.4) is 0 Å². The number of benzene rings is 1. The lowest BCUT2D eigenvalue weighted by molar-refractivity contribution is 0.112. The molecule has 0 bridgehead atoms. The van der Waals surface area contributed by atoms with Crippen molar-refractivity contribution in [3.05, 3.63) is 59.2 Å². The number of ether oxygens (including phenoxy) is 1. The second-order valence-corrected chi connectivity index (χ2v) is 9.60. The van der Waals surface area contributed by atoms with Crippen molar-refractivity contribution >= 4 is 0 Å². The first-order valence-corrected chi connectivity index (χ1v) is 12.1. The standard InChI is InChI=1S/C27H39NO2/c1-21-7-6-9-22(17-21)8-2-3-10-25-26-19-23(18-24(26)20-27(25)29)11-15-30-16-14-28-12-4-5-13-28/h3,6-7,9-10,17-18,24-27,29H,2,4-5,8,11-16,19-20H2,1H3/t24-,25+,26-,27+/m0/s1. The second kappa shape index (κ2) is 10.7. The van der Waals surface area contributed by atoms with E-state index in [1.165, 1.54) is 37.1 Å². The van der Waals surface area contributed by atoms with Crippen molar-refractivity contribution in [3.63, 3.8) is 0 Å². The lowest BCUT2D eigenvalue weighted by Crippen LogP contribution is -2.24. The van der Waals surface area contributed by atoms with Crippen LogP contribution in [0.25, 0.3) is 0 Å². The van der Waals surface area contributed by atoms with E-state index in [2.05, 4.69) is 54.3 Å². The van der Waals surface area contributed by atoms with Gasteiger partial charge in [-0.05, 0) is 82.4 Å². The van der Waals surface area contributed by atoms with Crippen molar-refractivity contribution in [1.29, 1.82) is 0 Å². The SMILES string of the molecule is Cc1cccc(CCC=C[C@@H]2[C@H]3CC(CCOCCN4CCCC4)=C[C@H]3C[C@H]2O)c1. The Bertz CT molecular complexity index is 734. The highest BCUT2D eigenvalue weighted by atomic mass is 16.5. The number of fused-ring (bicyclic) bond motifs is 1. The average Bonchev–Trinajstić information content (AvgIpc) is 3.43. The molecule has 4 rings (SSSR count). The van der Waals surface area contributed by atoms with Crippen LogP contribution in [0, 0.1) is 24.7 Å². The Morgan fingerprint density at radius 1 is 1.17 bits per heavy atom. The van der Waals surface area contributed by atoms with Gasteiger partial charge >= 0.3 is 0 Å². The Morgan fingerprint density at radius 3 is 2.87 bits per heavy atom. The number of likely N-dealkylation sites (tertiary alicyclic amines) is 1. The summed E-state index contributed by atoms with van der Waals surface area (Å²) in [5.41, 5.74) is 4.28. The second-order valence-electron chi connectivity index (χ2n) is 9.60. The molecule has 0 spiro atoms. The van der Waals surface area contributed by atoms with E-state index in [4.69, 9.17) is 4.74 Å². The van der Waals surface area contributed by atoms with Gasteiger partial charge in [-0.3, -0.25) is 0 Å². The van der Waals surface area contributed by atoms with Gasteiger partial charge in [0.1, 0.15) is 0 Å². The number of hydrogen-bond donors (Lipinski definition) is 1. The van der Waals surface area contributed by atoms with E-state index in [-0.39, 0.29) is 6.10 Å². The molecule has 0 amide bonds. The Balaban J connectivity index is 1.17. The molecule has 0 unspecified atom stereocenters. The summed E-state index contributed by atoms with van der Waals surface area (Å²) < 4.78 is 5.91. The van der Waals surface area contributed by atoms with Gasteiger partial charge in [0, 0.05) is 12.5 Å². The number of aliphatic hydroxyl groups is 1. The van der Waals surface area contributed by atoms with E-state index in [0.29, 0.717) is 17.8 Å². The third-order valence-corrected chi connectivity index (χ3v) is 7.31. The maximum Gasteiger partial charge on any atom is 0.0611 e. The number of aryl methyl sites for hydroxylation is 2. The maximum absolute atomic E-state index is 10.6. The molecule has 3 aliphatic rings. The summed E-state index contributed by atoms with van der Waals surface area (Å²) in [5, 5.41) is 10.6. The molecule has 1 saturated carbocycles. The van der Waals surface area contributed by atoms with Gasteiger partial charge in [-0.2, -0.15) is 0 Å². The highest BCUT2D eigenvalue weighted by molar-refractivity contribution is 5.23. The average molecular weight is 410 g/mol. The minimum absolute atomic E-state index is 0.176. The summed E-state index contributed by atoms with van der Waals surface area (Å²) >= 11 is 0. The summed E-state index contributed by atoms with van der Waals surface area (Å²) in [6, 6.07) is 8.77. The van der Waals surface area contributed by atoms with Gasteiger partial charge in [0.05, 0.1) is 19.3 Å². The molecular formula is C27H39NO2. The van der Waals surface area contributed by atoms with E-state index >= 15 is 0 Å². The van der Waals surface area contributed by atoms with E-state index < -0.39 is 0 Å². The topological polar surface area (TPSA) is 32.7 Å². The van der Waals surface area contributed by atoms with Crippen molar-refractivity contribution in [3.8, 4) is 0 Å². The molecule has 4 atom stereocenters. The van der Waals surface area contributed by atoms with E-state index in [0.717, 1.165) is 51.9 Å². The zero-order valence-corrected chi connectivity index (χ0v) is 18.6. The fourth-order valence-corrected chi connectivity index (χ4v) is 5.67. The monoisotopic (exact) mass is 409 g/mol. The Labute approximate surface area is 182 Å². The number of nitrogens with zero attached hydrogens (tertiary/aromatic N) is 1. The minimum atomic E-state index is -0.176. The molecule has 2 aliphatic carbocycles. The molecule has 1 aliphatic heterocycles. The molecule has 3 heteroatoms.